The molecule has 1 amide bonds. The predicted octanol–water partition coefficient (Wildman–Crippen LogP) is 0.0808. The molecule has 4 nitrogen and oxygen atoms in total. The first-order valence-corrected chi connectivity index (χ1v) is 4.59. The van der Waals surface area contributed by atoms with Crippen LogP contribution in [0.4, 0.5) is 5.69 Å². The topological polar surface area (TPSA) is 81.1 Å². The lowest BCUT2D eigenvalue weighted by Gasteiger charge is -2.24. The molecule has 0 saturated carbocycles. The number of nitrogens with two attached hydrogens (primary N) is 2. The van der Waals surface area contributed by atoms with Crippen molar-refractivity contribution in [1.82, 2.24) is 0 Å². The minimum Gasteiger partial charge on any atom is -0.383 e. The number of benzene rings is 1. The molecular weight excluding hydrogens is 178 g/mol. The summed E-state index contributed by atoms with van der Waals surface area (Å²) in [5, 5.41) is 3.17. The van der Waals surface area contributed by atoms with E-state index < -0.39 is 5.91 Å². The molecule has 0 bridgehead atoms. The maximum atomic E-state index is 11.1. The highest BCUT2D eigenvalue weighted by molar-refractivity contribution is 5.96. The number of rotatable bonds is 1. The molecule has 4 heteroatoms. The fourth-order valence-electron chi connectivity index (χ4n) is 1.78. The van der Waals surface area contributed by atoms with Gasteiger partial charge in [-0.15, -0.1) is 0 Å². The second kappa shape index (κ2) is 3.31. The lowest BCUT2D eigenvalue weighted by Crippen LogP contribution is -2.36. The van der Waals surface area contributed by atoms with E-state index in [2.05, 4.69) is 5.32 Å². The number of fused-ring (bicyclic) bond motifs is 1. The summed E-state index contributed by atoms with van der Waals surface area (Å²) in [6.45, 7) is 0.745. The molecule has 0 radical (unpaired) electrons. The summed E-state index contributed by atoms with van der Waals surface area (Å²) in [4.78, 5) is 11.1. The van der Waals surface area contributed by atoms with Crippen LogP contribution in [0.1, 0.15) is 15.9 Å². The smallest absolute Gasteiger partial charge is 0.249 e. The monoisotopic (exact) mass is 191 g/mol. The lowest BCUT2D eigenvalue weighted by atomic mass is 9.95. The minimum absolute atomic E-state index is 0.0583. The zero-order valence-electron chi connectivity index (χ0n) is 7.79. The molecule has 1 aliphatic heterocycles. The van der Waals surface area contributed by atoms with Crippen LogP contribution < -0.4 is 16.8 Å². The molecule has 1 aromatic carbocycles. The number of hydrogen-bond acceptors (Lipinski definition) is 3. The maximum Gasteiger partial charge on any atom is 0.249 e. The van der Waals surface area contributed by atoms with E-state index in [9.17, 15) is 4.79 Å². The van der Waals surface area contributed by atoms with Gasteiger partial charge in [0.1, 0.15) is 0 Å². The van der Waals surface area contributed by atoms with Crippen LogP contribution >= 0.6 is 0 Å². The Labute approximate surface area is 82.3 Å². The van der Waals surface area contributed by atoms with Crippen molar-refractivity contribution in [2.24, 2.45) is 11.5 Å². The summed E-state index contributed by atoms with van der Waals surface area (Å²) in [7, 11) is 0. The normalized spacial score (nSPS) is 19.6. The molecule has 2 rings (SSSR count). The lowest BCUT2D eigenvalue weighted by molar-refractivity contribution is 0.0999. The van der Waals surface area contributed by atoms with Gasteiger partial charge in [-0.3, -0.25) is 4.79 Å². The average molecular weight is 191 g/mol. The zero-order valence-corrected chi connectivity index (χ0v) is 7.79. The number of hydrogen-bond donors (Lipinski definition) is 3. The summed E-state index contributed by atoms with van der Waals surface area (Å²) >= 11 is 0. The standard InChI is InChI=1S/C10H13N3O/c11-6-4-8-7(10(12)14)2-1-3-9(8)13-5-6/h1-3,6,13H,4-5,11H2,(H2,12,14)/t6-/m0/s1. The van der Waals surface area contributed by atoms with Crippen molar-refractivity contribution in [3.8, 4) is 0 Å². The second-order valence-corrected chi connectivity index (χ2v) is 3.54. The third-order valence-corrected chi connectivity index (χ3v) is 2.46. The van der Waals surface area contributed by atoms with Gasteiger partial charge in [0, 0.05) is 23.8 Å². The van der Waals surface area contributed by atoms with Crippen LogP contribution in [0.2, 0.25) is 0 Å². The molecule has 1 aliphatic rings. The summed E-state index contributed by atoms with van der Waals surface area (Å²) < 4.78 is 0. The van der Waals surface area contributed by atoms with Gasteiger partial charge < -0.3 is 16.8 Å². The number of primary amides is 1. The van der Waals surface area contributed by atoms with Crippen molar-refractivity contribution in [2.75, 3.05) is 11.9 Å². The van der Waals surface area contributed by atoms with Crippen LogP contribution in [0.25, 0.3) is 0 Å². The average Bonchev–Trinajstić information content (AvgIpc) is 2.16. The summed E-state index contributed by atoms with van der Waals surface area (Å²) in [6.07, 6.45) is 0.710. The molecular formula is C10H13N3O. The van der Waals surface area contributed by atoms with Crippen LogP contribution in [0, 0.1) is 0 Å². The van der Waals surface area contributed by atoms with Gasteiger partial charge in [0.2, 0.25) is 5.91 Å². The molecule has 1 heterocycles. The Hall–Kier alpha value is -1.55. The first-order valence-electron chi connectivity index (χ1n) is 4.59. The van der Waals surface area contributed by atoms with E-state index in [4.69, 9.17) is 11.5 Å². The van der Waals surface area contributed by atoms with Crippen molar-refractivity contribution >= 4 is 11.6 Å². The first-order chi connectivity index (χ1) is 6.68. The number of nitrogens with one attached hydrogen (secondary N) is 1. The van der Waals surface area contributed by atoms with Crippen molar-refractivity contribution < 1.29 is 4.79 Å². The van der Waals surface area contributed by atoms with Crippen molar-refractivity contribution in [1.29, 1.82) is 0 Å². The van der Waals surface area contributed by atoms with E-state index >= 15 is 0 Å². The van der Waals surface area contributed by atoms with Crippen molar-refractivity contribution in [2.45, 2.75) is 12.5 Å². The highest BCUT2D eigenvalue weighted by Crippen LogP contribution is 2.24. The highest BCUT2D eigenvalue weighted by Gasteiger charge is 2.19. The second-order valence-electron chi connectivity index (χ2n) is 3.54. The number of carbonyl (C=O) groups is 1. The van der Waals surface area contributed by atoms with Crippen LogP contribution in [-0.2, 0) is 6.42 Å². The third-order valence-electron chi connectivity index (χ3n) is 2.46. The number of anilines is 1. The van der Waals surface area contributed by atoms with E-state index in [0.29, 0.717) is 12.0 Å². The Balaban J connectivity index is 2.48. The molecule has 0 fully saturated rings. The molecule has 0 unspecified atom stereocenters. The Morgan fingerprint density at radius 2 is 2.29 bits per heavy atom. The number of amides is 1. The molecule has 0 saturated heterocycles. The Morgan fingerprint density at radius 1 is 1.50 bits per heavy atom. The van der Waals surface area contributed by atoms with Crippen LogP contribution in [0.15, 0.2) is 18.2 Å². The van der Waals surface area contributed by atoms with Crippen LogP contribution in [-0.4, -0.2) is 18.5 Å². The van der Waals surface area contributed by atoms with E-state index in [1.54, 1.807) is 6.07 Å². The molecule has 74 valence electrons. The van der Waals surface area contributed by atoms with Crippen LogP contribution in [0.5, 0.6) is 0 Å². The van der Waals surface area contributed by atoms with Gasteiger partial charge in [-0.25, -0.2) is 0 Å². The molecule has 1 aromatic rings. The Morgan fingerprint density at radius 3 is 3.00 bits per heavy atom. The summed E-state index contributed by atoms with van der Waals surface area (Å²) in [5.41, 5.74) is 13.6. The quantitative estimate of drug-likeness (QED) is 0.588. The van der Waals surface area contributed by atoms with E-state index in [1.807, 2.05) is 12.1 Å². The molecule has 0 spiro atoms. The SMILES string of the molecule is NC(=O)c1cccc2c1C[C@H](N)CN2. The third kappa shape index (κ3) is 1.44. The molecule has 1 atom stereocenters. The maximum absolute atomic E-state index is 11.1. The van der Waals surface area contributed by atoms with Gasteiger partial charge in [-0.1, -0.05) is 6.07 Å². The van der Waals surface area contributed by atoms with Gasteiger partial charge >= 0.3 is 0 Å². The van der Waals surface area contributed by atoms with Gasteiger partial charge in [-0.2, -0.15) is 0 Å². The number of carbonyl (C=O) groups excluding carboxylic acids is 1. The fourth-order valence-corrected chi connectivity index (χ4v) is 1.78. The minimum atomic E-state index is -0.391. The first kappa shape index (κ1) is 9.02. The summed E-state index contributed by atoms with van der Waals surface area (Å²) in [6, 6.07) is 5.56. The van der Waals surface area contributed by atoms with Gasteiger partial charge in [-0.05, 0) is 24.1 Å². The van der Waals surface area contributed by atoms with E-state index in [0.717, 1.165) is 17.8 Å². The van der Waals surface area contributed by atoms with Crippen molar-refractivity contribution in [3.63, 3.8) is 0 Å². The van der Waals surface area contributed by atoms with Crippen LogP contribution in [0.3, 0.4) is 0 Å². The van der Waals surface area contributed by atoms with E-state index in [-0.39, 0.29) is 6.04 Å². The molecule has 5 N–H and O–H groups in total. The molecule has 14 heavy (non-hydrogen) atoms. The zero-order chi connectivity index (χ0) is 10.1. The van der Waals surface area contributed by atoms with Crippen molar-refractivity contribution in [3.05, 3.63) is 29.3 Å². The highest BCUT2D eigenvalue weighted by atomic mass is 16.1. The van der Waals surface area contributed by atoms with E-state index in [1.165, 1.54) is 0 Å². The largest absolute Gasteiger partial charge is 0.383 e. The Bertz CT molecular complexity index is 376. The molecule has 0 aliphatic carbocycles. The fraction of sp³-hybridized carbons (Fsp3) is 0.300. The Kier molecular flexibility index (Phi) is 2.13. The summed E-state index contributed by atoms with van der Waals surface area (Å²) in [5.74, 6) is -0.391. The predicted molar refractivity (Wildman–Crippen MR) is 55.1 cm³/mol. The van der Waals surface area contributed by atoms with Gasteiger partial charge in [0.15, 0.2) is 0 Å². The molecule has 0 aromatic heterocycles. The van der Waals surface area contributed by atoms with Gasteiger partial charge in [0.05, 0.1) is 0 Å². The van der Waals surface area contributed by atoms with Gasteiger partial charge in [0.25, 0.3) is 0 Å².